The Labute approximate surface area is 152 Å². The van der Waals surface area contributed by atoms with Crippen molar-refractivity contribution < 1.29 is 4.79 Å². The molecule has 1 amide bonds. The first-order chi connectivity index (χ1) is 12.8. The van der Waals surface area contributed by atoms with Crippen molar-refractivity contribution in [3.8, 4) is 0 Å². The summed E-state index contributed by atoms with van der Waals surface area (Å²) >= 11 is 0. The molecule has 2 aromatic carbocycles. The SMILES string of the molecule is O=C(CCCc1c[nH]c2ccccc12)NCCn1ccc2ccccc21. The van der Waals surface area contributed by atoms with Crippen LogP contribution in [0.5, 0.6) is 0 Å². The number of benzene rings is 2. The highest BCUT2D eigenvalue weighted by atomic mass is 16.1. The number of aromatic nitrogens is 2. The number of fused-ring (bicyclic) bond motifs is 2. The fraction of sp³-hybridized carbons (Fsp3) is 0.227. The molecule has 0 fully saturated rings. The number of nitrogens with one attached hydrogen (secondary N) is 2. The number of aryl methyl sites for hydroxylation is 1. The highest BCUT2D eigenvalue weighted by molar-refractivity contribution is 5.83. The number of nitrogens with zero attached hydrogens (tertiary/aromatic N) is 1. The molecule has 0 radical (unpaired) electrons. The topological polar surface area (TPSA) is 49.8 Å². The van der Waals surface area contributed by atoms with E-state index in [9.17, 15) is 4.79 Å². The zero-order valence-electron chi connectivity index (χ0n) is 14.7. The monoisotopic (exact) mass is 345 g/mol. The molecule has 0 spiro atoms. The summed E-state index contributed by atoms with van der Waals surface area (Å²) in [6.07, 6.45) is 6.47. The lowest BCUT2D eigenvalue weighted by atomic mass is 10.1. The van der Waals surface area contributed by atoms with Crippen LogP contribution in [0.4, 0.5) is 0 Å². The maximum Gasteiger partial charge on any atom is 0.220 e. The van der Waals surface area contributed by atoms with Gasteiger partial charge in [0.15, 0.2) is 0 Å². The summed E-state index contributed by atoms with van der Waals surface area (Å²) < 4.78 is 2.18. The standard InChI is InChI=1S/C22H23N3O/c26-22(11-5-7-18-16-24-20-9-3-2-8-19(18)20)23-13-15-25-14-12-17-6-1-4-10-21(17)25/h1-4,6,8-10,12,14,16,24H,5,7,11,13,15H2,(H,23,26). The van der Waals surface area contributed by atoms with Crippen molar-refractivity contribution in [3.63, 3.8) is 0 Å². The Morgan fingerprint density at radius 3 is 2.85 bits per heavy atom. The van der Waals surface area contributed by atoms with Gasteiger partial charge in [-0.2, -0.15) is 0 Å². The van der Waals surface area contributed by atoms with Gasteiger partial charge in [0.1, 0.15) is 0 Å². The second kappa shape index (κ2) is 7.48. The van der Waals surface area contributed by atoms with Crippen molar-refractivity contribution in [2.75, 3.05) is 6.54 Å². The quantitative estimate of drug-likeness (QED) is 0.516. The van der Waals surface area contributed by atoms with Crippen LogP contribution in [0, 0.1) is 0 Å². The molecule has 0 saturated carbocycles. The largest absolute Gasteiger partial charge is 0.361 e. The van der Waals surface area contributed by atoms with E-state index in [-0.39, 0.29) is 5.91 Å². The van der Waals surface area contributed by atoms with E-state index >= 15 is 0 Å². The van der Waals surface area contributed by atoms with Crippen molar-refractivity contribution in [3.05, 3.63) is 72.6 Å². The third kappa shape index (κ3) is 3.49. The fourth-order valence-corrected chi connectivity index (χ4v) is 3.52. The van der Waals surface area contributed by atoms with Gasteiger partial charge in [-0.1, -0.05) is 36.4 Å². The number of rotatable bonds is 7. The number of para-hydroxylation sites is 2. The summed E-state index contributed by atoms with van der Waals surface area (Å²) in [7, 11) is 0. The normalized spacial score (nSPS) is 11.2. The molecule has 0 atom stereocenters. The first-order valence-corrected chi connectivity index (χ1v) is 9.17. The fourth-order valence-electron chi connectivity index (χ4n) is 3.52. The van der Waals surface area contributed by atoms with Crippen molar-refractivity contribution in [2.24, 2.45) is 0 Å². The number of amides is 1. The van der Waals surface area contributed by atoms with Crippen LogP contribution in [-0.2, 0) is 17.8 Å². The molecule has 2 heterocycles. The van der Waals surface area contributed by atoms with E-state index in [0.717, 1.165) is 24.9 Å². The lowest BCUT2D eigenvalue weighted by Crippen LogP contribution is -2.26. The van der Waals surface area contributed by atoms with E-state index in [1.807, 2.05) is 18.2 Å². The maximum atomic E-state index is 12.1. The van der Waals surface area contributed by atoms with Crippen LogP contribution in [0.1, 0.15) is 18.4 Å². The summed E-state index contributed by atoms with van der Waals surface area (Å²) in [6.45, 7) is 1.45. The first kappa shape index (κ1) is 16.5. The number of aromatic amines is 1. The van der Waals surface area contributed by atoms with Crippen LogP contribution < -0.4 is 5.32 Å². The number of carbonyl (C=O) groups excluding carboxylic acids is 1. The van der Waals surface area contributed by atoms with Crippen LogP contribution in [0.25, 0.3) is 21.8 Å². The van der Waals surface area contributed by atoms with E-state index in [1.54, 1.807) is 0 Å². The first-order valence-electron chi connectivity index (χ1n) is 9.17. The maximum absolute atomic E-state index is 12.1. The molecule has 26 heavy (non-hydrogen) atoms. The summed E-state index contributed by atoms with van der Waals surface area (Å²) in [6, 6.07) is 18.7. The van der Waals surface area contributed by atoms with Gasteiger partial charge in [-0.05, 0) is 42.0 Å². The number of hydrogen-bond acceptors (Lipinski definition) is 1. The van der Waals surface area contributed by atoms with Gasteiger partial charge in [0.25, 0.3) is 0 Å². The molecule has 4 heteroatoms. The third-order valence-corrected chi connectivity index (χ3v) is 4.88. The van der Waals surface area contributed by atoms with Gasteiger partial charge in [0, 0.05) is 48.3 Å². The van der Waals surface area contributed by atoms with E-state index in [2.05, 4.69) is 63.7 Å². The van der Waals surface area contributed by atoms with Crippen LogP contribution in [-0.4, -0.2) is 22.0 Å². The molecular weight excluding hydrogens is 322 g/mol. The predicted octanol–water partition coefficient (Wildman–Crippen LogP) is 4.26. The molecule has 0 aliphatic carbocycles. The van der Waals surface area contributed by atoms with Gasteiger partial charge in [-0.25, -0.2) is 0 Å². The molecule has 0 unspecified atom stereocenters. The van der Waals surface area contributed by atoms with Crippen LogP contribution in [0.15, 0.2) is 67.0 Å². The molecule has 132 valence electrons. The van der Waals surface area contributed by atoms with Gasteiger partial charge >= 0.3 is 0 Å². The number of carbonyl (C=O) groups is 1. The van der Waals surface area contributed by atoms with E-state index in [1.165, 1.54) is 21.9 Å². The smallest absolute Gasteiger partial charge is 0.220 e. The Morgan fingerprint density at radius 1 is 1.04 bits per heavy atom. The summed E-state index contributed by atoms with van der Waals surface area (Å²) in [5.74, 6) is 0.126. The summed E-state index contributed by atoms with van der Waals surface area (Å²) in [4.78, 5) is 15.4. The van der Waals surface area contributed by atoms with Crippen molar-refractivity contribution in [1.29, 1.82) is 0 Å². The Kier molecular flexibility index (Phi) is 4.73. The molecule has 4 nitrogen and oxygen atoms in total. The molecule has 2 aromatic heterocycles. The Morgan fingerprint density at radius 2 is 1.88 bits per heavy atom. The Hall–Kier alpha value is -3.01. The molecule has 0 saturated heterocycles. The molecule has 0 aliphatic heterocycles. The minimum atomic E-state index is 0.126. The van der Waals surface area contributed by atoms with Gasteiger partial charge < -0.3 is 14.9 Å². The average molecular weight is 345 g/mol. The highest BCUT2D eigenvalue weighted by Gasteiger charge is 2.06. The Bertz CT molecular complexity index is 946. The molecule has 4 rings (SSSR count). The minimum absolute atomic E-state index is 0.126. The number of H-pyrrole nitrogens is 1. The second-order valence-electron chi connectivity index (χ2n) is 6.63. The van der Waals surface area contributed by atoms with E-state index in [4.69, 9.17) is 0 Å². The molecular formula is C22H23N3O. The van der Waals surface area contributed by atoms with Crippen molar-refractivity contribution in [1.82, 2.24) is 14.9 Å². The number of hydrogen-bond donors (Lipinski definition) is 2. The molecule has 0 bridgehead atoms. The van der Waals surface area contributed by atoms with Crippen molar-refractivity contribution >= 4 is 27.7 Å². The second-order valence-corrected chi connectivity index (χ2v) is 6.63. The van der Waals surface area contributed by atoms with Gasteiger partial charge in [0.2, 0.25) is 5.91 Å². The van der Waals surface area contributed by atoms with Gasteiger partial charge in [-0.3, -0.25) is 4.79 Å². The summed E-state index contributed by atoms with van der Waals surface area (Å²) in [5.41, 5.74) is 3.65. The highest BCUT2D eigenvalue weighted by Crippen LogP contribution is 2.19. The summed E-state index contributed by atoms with van der Waals surface area (Å²) in [5, 5.41) is 5.53. The van der Waals surface area contributed by atoms with E-state index in [0.29, 0.717) is 13.0 Å². The van der Waals surface area contributed by atoms with Crippen molar-refractivity contribution in [2.45, 2.75) is 25.8 Å². The van der Waals surface area contributed by atoms with Gasteiger partial charge in [-0.15, -0.1) is 0 Å². The molecule has 4 aromatic rings. The lowest BCUT2D eigenvalue weighted by Gasteiger charge is -2.08. The van der Waals surface area contributed by atoms with Crippen LogP contribution in [0.2, 0.25) is 0 Å². The average Bonchev–Trinajstić information content (AvgIpc) is 3.27. The third-order valence-electron chi connectivity index (χ3n) is 4.88. The van der Waals surface area contributed by atoms with Crippen LogP contribution in [0.3, 0.4) is 0 Å². The predicted molar refractivity (Wildman–Crippen MR) is 106 cm³/mol. The molecule has 2 N–H and O–H groups in total. The molecule has 0 aliphatic rings. The minimum Gasteiger partial charge on any atom is -0.361 e. The lowest BCUT2D eigenvalue weighted by molar-refractivity contribution is -0.121. The zero-order valence-corrected chi connectivity index (χ0v) is 14.7. The Balaban J connectivity index is 1.23. The van der Waals surface area contributed by atoms with E-state index < -0.39 is 0 Å². The van der Waals surface area contributed by atoms with Gasteiger partial charge in [0.05, 0.1) is 0 Å². The zero-order chi connectivity index (χ0) is 17.8. The van der Waals surface area contributed by atoms with Crippen LogP contribution >= 0.6 is 0 Å².